The molecule has 4 nitrogen and oxygen atoms in total. The zero-order chi connectivity index (χ0) is 13.1. The van der Waals surface area contributed by atoms with Crippen LogP contribution in [0.5, 0.6) is 0 Å². The van der Waals surface area contributed by atoms with Crippen LogP contribution in [-0.2, 0) is 21.3 Å². The Hall–Kier alpha value is -1.75. The summed E-state index contributed by atoms with van der Waals surface area (Å²) in [7, 11) is -1.44. The van der Waals surface area contributed by atoms with Crippen LogP contribution in [0.2, 0.25) is 0 Å². The SMILES string of the molecule is CC(C(=O)O)S(=O)Cc1cccc2cccnc12. The molecule has 0 amide bonds. The maximum atomic E-state index is 11.9. The van der Waals surface area contributed by atoms with Gasteiger partial charge in [-0.15, -0.1) is 0 Å². The van der Waals surface area contributed by atoms with Crippen molar-refractivity contribution < 1.29 is 14.1 Å². The fourth-order valence-electron chi connectivity index (χ4n) is 1.67. The number of carboxylic acid groups (broad SMARTS) is 1. The van der Waals surface area contributed by atoms with Gasteiger partial charge in [0.05, 0.1) is 11.3 Å². The van der Waals surface area contributed by atoms with Gasteiger partial charge in [0.2, 0.25) is 0 Å². The summed E-state index contributed by atoms with van der Waals surface area (Å²) in [6, 6.07) is 9.39. The molecule has 0 aliphatic heterocycles. The number of hydrogen-bond acceptors (Lipinski definition) is 3. The average Bonchev–Trinajstić information content (AvgIpc) is 2.38. The molecule has 2 unspecified atom stereocenters. The predicted octanol–water partition coefficient (Wildman–Crippen LogP) is 1.96. The standard InChI is InChI=1S/C13H13NO3S/c1-9(13(15)16)18(17)8-11-5-2-4-10-6-3-7-14-12(10)11/h2-7,9H,8H2,1H3,(H,15,16). The summed E-state index contributed by atoms with van der Waals surface area (Å²) in [6.07, 6.45) is 1.68. The number of hydrogen-bond donors (Lipinski definition) is 1. The Morgan fingerprint density at radius 3 is 2.83 bits per heavy atom. The van der Waals surface area contributed by atoms with Crippen LogP contribution < -0.4 is 0 Å². The van der Waals surface area contributed by atoms with Crippen LogP contribution in [-0.4, -0.2) is 25.5 Å². The molecule has 0 radical (unpaired) electrons. The molecule has 0 bridgehead atoms. The smallest absolute Gasteiger partial charge is 0.318 e. The second-order valence-corrected chi connectivity index (χ2v) is 5.76. The molecule has 18 heavy (non-hydrogen) atoms. The minimum absolute atomic E-state index is 0.210. The molecule has 5 heteroatoms. The molecule has 1 aromatic heterocycles. The molecule has 1 aromatic carbocycles. The van der Waals surface area contributed by atoms with Crippen molar-refractivity contribution in [3.05, 3.63) is 42.1 Å². The Morgan fingerprint density at radius 1 is 1.39 bits per heavy atom. The van der Waals surface area contributed by atoms with E-state index in [9.17, 15) is 9.00 Å². The summed E-state index contributed by atoms with van der Waals surface area (Å²) >= 11 is 0. The molecule has 0 saturated carbocycles. The predicted molar refractivity (Wildman–Crippen MR) is 70.7 cm³/mol. The van der Waals surface area contributed by atoms with Gasteiger partial charge in [-0.05, 0) is 18.6 Å². The molecular formula is C13H13NO3S. The molecule has 2 aromatic rings. The first-order valence-corrected chi connectivity index (χ1v) is 6.90. The van der Waals surface area contributed by atoms with Gasteiger partial charge in [-0.1, -0.05) is 24.3 Å². The van der Waals surface area contributed by atoms with Crippen molar-refractivity contribution >= 4 is 27.7 Å². The average molecular weight is 263 g/mol. The van der Waals surface area contributed by atoms with Crippen molar-refractivity contribution in [2.75, 3.05) is 0 Å². The van der Waals surface area contributed by atoms with E-state index in [1.165, 1.54) is 6.92 Å². The molecule has 0 aliphatic rings. The van der Waals surface area contributed by atoms with Crippen molar-refractivity contribution in [1.29, 1.82) is 0 Å². The van der Waals surface area contributed by atoms with Gasteiger partial charge in [-0.2, -0.15) is 0 Å². The number of pyridine rings is 1. The van der Waals surface area contributed by atoms with Gasteiger partial charge >= 0.3 is 5.97 Å². The van der Waals surface area contributed by atoms with Gasteiger partial charge in [0, 0.05) is 22.4 Å². The number of nitrogens with zero attached hydrogens (tertiary/aromatic N) is 1. The second kappa shape index (κ2) is 5.27. The number of rotatable bonds is 4. The first-order valence-electron chi connectivity index (χ1n) is 5.52. The highest BCUT2D eigenvalue weighted by atomic mass is 32.2. The third kappa shape index (κ3) is 2.56. The summed E-state index contributed by atoms with van der Waals surface area (Å²) in [6.45, 7) is 1.46. The highest BCUT2D eigenvalue weighted by molar-refractivity contribution is 7.85. The summed E-state index contributed by atoms with van der Waals surface area (Å²) in [5, 5.41) is 8.93. The molecule has 0 saturated heterocycles. The van der Waals surface area contributed by atoms with Crippen molar-refractivity contribution in [2.45, 2.75) is 17.9 Å². The Bertz CT molecular complexity index is 607. The molecule has 1 heterocycles. The first kappa shape index (κ1) is 12.7. The molecular weight excluding hydrogens is 250 g/mol. The van der Waals surface area contributed by atoms with E-state index in [0.29, 0.717) is 0 Å². The zero-order valence-corrected chi connectivity index (χ0v) is 10.7. The number of aliphatic carboxylic acids is 1. The Morgan fingerprint density at radius 2 is 2.11 bits per heavy atom. The fourth-order valence-corrected chi connectivity index (χ4v) is 2.69. The molecule has 0 fully saturated rings. The van der Waals surface area contributed by atoms with Crippen LogP contribution in [0.1, 0.15) is 12.5 Å². The molecule has 2 rings (SSSR count). The highest BCUT2D eigenvalue weighted by Crippen LogP contribution is 2.18. The zero-order valence-electron chi connectivity index (χ0n) is 9.87. The normalized spacial score (nSPS) is 14.3. The lowest BCUT2D eigenvalue weighted by Crippen LogP contribution is -2.22. The van der Waals surface area contributed by atoms with Gasteiger partial charge in [-0.25, -0.2) is 0 Å². The van der Waals surface area contributed by atoms with Crippen LogP contribution in [0.4, 0.5) is 0 Å². The van der Waals surface area contributed by atoms with Crippen LogP contribution >= 0.6 is 0 Å². The van der Waals surface area contributed by atoms with E-state index in [1.54, 1.807) is 6.20 Å². The Balaban J connectivity index is 2.32. The maximum absolute atomic E-state index is 11.9. The number of carbonyl (C=O) groups is 1. The topological polar surface area (TPSA) is 67.3 Å². The van der Waals surface area contributed by atoms with Gasteiger partial charge < -0.3 is 5.11 Å². The van der Waals surface area contributed by atoms with Crippen LogP contribution in [0, 0.1) is 0 Å². The van der Waals surface area contributed by atoms with E-state index in [1.807, 2.05) is 30.3 Å². The van der Waals surface area contributed by atoms with E-state index < -0.39 is 22.0 Å². The summed E-state index contributed by atoms with van der Waals surface area (Å²) in [4.78, 5) is 15.0. The van der Waals surface area contributed by atoms with Crippen LogP contribution in [0.15, 0.2) is 36.5 Å². The van der Waals surface area contributed by atoms with Crippen LogP contribution in [0.25, 0.3) is 10.9 Å². The van der Waals surface area contributed by atoms with Gasteiger partial charge in [-0.3, -0.25) is 14.0 Å². The number of carboxylic acids is 1. The lowest BCUT2D eigenvalue weighted by Gasteiger charge is -2.08. The van der Waals surface area contributed by atoms with Crippen LogP contribution in [0.3, 0.4) is 0 Å². The maximum Gasteiger partial charge on any atom is 0.318 e. The minimum atomic E-state index is -1.44. The number of benzene rings is 1. The first-order chi connectivity index (χ1) is 8.59. The quantitative estimate of drug-likeness (QED) is 0.915. The lowest BCUT2D eigenvalue weighted by molar-refractivity contribution is -0.136. The molecule has 0 spiro atoms. The minimum Gasteiger partial charge on any atom is -0.480 e. The Kier molecular flexibility index (Phi) is 3.72. The van der Waals surface area contributed by atoms with E-state index in [-0.39, 0.29) is 5.75 Å². The monoisotopic (exact) mass is 263 g/mol. The highest BCUT2D eigenvalue weighted by Gasteiger charge is 2.19. The van der Waals surface area contributed by atoms with Crippen molar-refractivity contribution in [1.82, 2.24) is 4.98 Å². The molecule has 1 N–H and O–H groups in total. The second-order valence-electron chi connectivity index (χ2n) is 4.00. The lowest BCUT2D eigenvalue weighted by atomic mass is 10.1. The third-order valence-electron chi connectivity index (χ3n) is 2.76. The Labute approximate surface area is 107 Å². The van der Waals surface area contributed by atoms with E-state index >= 15 is 0 Å². The van der Waals surface area contributed by atoms with E-state index in [4.69, 9.17) is 5.11 Å². The third-order valence-corrected chi connectivity index (χ3v) is 4.34. The van der Waals surface area contributed by atoms with Crippen molar-refractivity contribution in [3.8, 4) is 0 Å². The van der Waals surface area contributed by atoms with Crippen molar-refractivity contribution in [2.24, 2.45) is 0 Å². The van der Waals surface area contributed by atoms with E-state index in [2.05, 4.69) is 4.98 Å². The summed E-state index contributed by atoms with van der Waals surface area (Å²) in [5.41, 5.74) is 1.60. The molecule has 94 valence electrons. The molecule has 0 aliphatic carbocycles. The number of fused-ring (bicyclic) bond motifs is 1. The van der Waals surface area contributed by atoms with Gasteiger partial charge in [0.25, 0.3) is 0 Å². The van der Waals surface area contributed by atoms with Gasteiger partial charge in [0.15, 0.2) is 0 Å². The number of para-hydroxylation sites is 1. The number of aromatic nitrogens is 1. The summed E-state index contributed by atoms with van der Waals surface area (Å²) < 4.78 is 11.9. The summed E-state index contributed by atoms with van der Waals surface area (Å²) in [5.74, 6) is -0.830. The molecule has 2 atom stereocenters. The fraction of sp³-hybridized carbons (Fsp3) is 0.231. The largest absolute Gasteiger partial charge is 0.480 e. The van der Waals surface area contributed by atoms with Crippen molar-refractivity contribution in [3.63, 3.8) is 0 Å². The van der Waals surface area contributed by atoms with E-state index in [0.717, 1.165) is 16.5 Å². The van der Waals surface area contributed by atoms with Gasteiger partial charge in [0.1, 0.15) is 5.25 Å².